The predicted molar refractivity (Wildman–Crippen MR) is 34.1 cm³/mol. The van der Waals surface area contributed by atoms with Crippen LogP contribution in [-0.2, 0) is 14.5 Å². The van der Waals surface area contributed by atoms with Crippen molar-refractivity contribution in [3.05, 3.63) is 12.7 Å². The number of rotatable bonds is 4. The van der Waals surface area contributed by atoms with Gasteiger partial charge in [0, 0.05) is 6.54 Å². The molecule has 0 rings (SSSR count). The van der Waals surface area contributed by atoms with Crippen LogP contribution in [0.3, 0.4) is 0 Å². The fraction of sp³-hybridized carbons (Fsp3) is 0.500. The predicted octanol–water partition coefficient (Wildman–Crippen LogP) is -0.347. The van der Waals surface area contributed by atoms with Crippen molar-refractivity contribution in [2.24, 2.45) is 0 Å². The van der Waals surface area contributed by atoms with E-state index in [1.165, 1.54) is 6.08 Å². The van der Waals surface area contributed by atoms with Crippen molar-refractivity contribution in [3.8, 4) is 0 Å². The average Bonchev–Trinajstić information content (AvgIpc) is 1.84. The van der Waals surface area contributed by atoms with E-state index < -0.39 is 10.3 Å². The molecule has 0 aliphatic heterocycles. The Balaban J connectivity index is 3.74. The molecule has 0 aromatic carbocycles. The quantitative estimate of drug-likeness (QED) is 0.559. The maximum absolute atomic E-state index is 10.4. The first kappa shape index (κ1) is 8.61. The third kappa shape index (κ3) is 4.14. The molecule has 0 saturated carbocycles. The van der Waals surface area contributed by atoms with Crippen molar-refractivity contribution >= 4 is 10.3 Å². The first-order chi connectivity index (χ1) is 4.12. The van der Waals surface area contributed by atoms with Crippen molar-refractivity contribution in [2.75, 3.05) is 13.7 Å². The second kappa shape index (κ2) is 3.60. The Morgan fingerprint density at radius 3 is 2.67 bits per heavy atom. The zero-order valence-electron chi connectivity index (χ0n) is 5.12. The van der Waals surface area contributed by atoms with Gasteiger partial charge in [-0.2, -0.15) is 13.1 Å². The van der Waals surface area contributed by atoms with Crippen LogP contribution in [-0.4, -0.2) is 22.1 Å². The van der Waals surface area contributed by atoms with Crippen molar-refractivity contribution in [3.63, 3.8) is 0 Å². The highest BCUT2D eigenvalue weighted by Gasteiger charge is 2.02. The molecule has 0 bridgehead atoms. The van der Waals surface area contributed by atoms with Crippen LogP contribution in [0.4, 0.5) is 0 Å². The highest BCUT2D eigenvalue weighted by atomic mass is 32.2. The lowest BCUT2D eigenvalue weighted by Gasteiger charge is -1.97. The molecule has 54 valence electrons. The van der Waals surface area contributed by atoms with Crippen LogP contribution in [0.1, 0.15) is 0 Å². The van der Waals surface area contributed by atoms with Gasteiger partial charge < -0.3 is 0 Å². The molecule has 0 heterocycles. The Labute approximate surface area is 54.8 Å². The summed E-state index contributed by atoms with van der Waals surface area (Å²) in [4.78, 5) is 0. The average molecular weight is 151 g/mol. The molecule has 0 amide bonds. The molecule has 0 atom stereocenters. The summed E-state index contributed by atoms with van der Waals surface area (Å²) in [5.41, 5.74) is 0. The summed E-state index contributed by atoms with van der Waals surface area (Å²) < 4.78 is 26.9. The van der Waals surface area contributed by atoms with Gasteiger partial charge in [0.05, 0.1) is 7.11 Å². The zero-order valence-corrected chi connectivity index (χ0v) is 5.94. The number of nitrogens with one attached hydrogen (secondary N) is 1. The normalized spacial score (nSPS) is 11.2. The summed E-state index contributed by atoms with van der Waals surface area (Å²) in [6.45, 7) is 3.51. The molecule has 0 aliphatic rings. The standard InChI is InChI=1S/C4H9NO3S/c1-3-4-5-9(6,7)8-2/h3,5H,1,4H2,2H3. The molecule has 0 spiro atoms. The Kier molecular flexibility index (Phi) is 3.44. The Morgan fingerprint density at radius 2 is 2.33 bits per heavy atom. The molecular formula is C4H9NO3S. The molecule has 0 saturated heterocycles. The Hall–Kier alpha value is -0.390. The van der Waals surface area contributed by atoms with Gasteiger partial charge in [0.1, 0.15) is 0 Å². The summed E-state index contributed by atoms with van der Waals surface area (Å²) in [7, 11) is -2.41. The van der Waals surface area contributed by atoms with Crippen LogP contribution >= 0.6 is 0 Å². The van der Waals surface area contributed by atoms with Gasteiger partial charge in [-0.25, -0.2) is 0 Å². The summed E-state index contributed by atoms with van der Waals surface area (Å²) in [5.74, 6) is 0. The summed E-state index contributed by atoms with van der Waals surface area (Å²) in [6, 6.07) is 0. The molecule has 9 heavy (non-hydrogen) atoms. The van der Waals surface area contributed by atoms with Gasteiger partial charge in [-0.05, 0) is 0 Å². The fourth-order valence-corrected chi connectivity index (χ4v) is 0.660. The molecule has 0 aromatic heterocycles. The summed E-state index contributed by atoms with van der Waals surface area (Å²) in [5, 5.41) is 0. The van der Waals surface area contributed by atoms with Gasteiger partial charge in [0.25, 0.3) is 0 Å². The fourth-order valence-electron chi connectivity index (χ4n) is 0.220. The molecule has 1 N–H and O–H groups in total. The number of hydrogen-bond acceptors (Lipinski definition) is 3. The minimum absolute atomic E-state index is 0.191. The SMILES string of the molecule is C=CCNS(=O)(=O)OC. The molecular weight excluding hydrogens is 142 g/mol. The van der Waals surface area contributed by atoms with E-state index in [-0.39, 0.29) is 6.54 Å². The lowest BCUT2D eigenvalue weighted by Crippen LogP contribution is -2.24. The van der Waals surface area contributed by atoms with Crippen LogP contribution in [0.2, 0.25) is 0 Å². The largest absolute Gasteiger partial charge is 0.335 e. The van der Waals surface area contributed by atoms with Gasteiger partial charge in [0.2, 0.25) is 0 Å². The van der Waals surface area contributed by atoms with Crippen LogP contribution < -0.4 is 4.72 Å². The molecule has 0 aromatic rings. The molecule has 0 aliphatic carbocycles. The first-order valence-corrected chi connectivity index (χ1v) is 3.69. The third-order valence-corrected chi connectivity index (χ3v) is 1.58. The molecule has 0 fully saturated rings. The smallest absolute Gasteiger partial charge is 0.261 e. The van der Waals surface area contributed by atoms with E-state index in [9.17, 15) is 8.42 Å². The van der Waals surface area contributed by atoms with Crippen molar-refractivity contribution < 1.29 is 12.6 Å². The lowest BCUT2D eigenvalue weighted by molar-refractivity contribution is 0.389. The van der Waals surface area contributed by atoms with Crippen molar-refractivity contribution in [2.45, 2.75) is 0 Å². The third-order valence-electron chi connectivity index (χ3n) is 0.624. The first-order valence-electron chi connectivity index (χ1n) is 2.28. The molecule has 0 radical (unpaired) electrons. The van der Waals surface area contributed by atoms with Gasteiger partial charge in [-0.1, -0.05) is 6.08 Å². The number of hydrogen-bond donors (Lipinski definition) is 1. The molecule has 5 heteroatoms. The highest BCUT2D eigenvalue weighted by Crippen LogP contribution is 1.80. The van der Waals surface area contributed by atoms with Crippen molar-refractivity contribution in [1.82, 2.24) is 4.72 Å². The van der Waals surface area contributed by atoms with Gasteiger partial charge in [0.15, 0.2) is 0 Å². The van der Waals surface area contributed by atoms with Crippen LogP contribution in [0.5, 0.6) is 0 Å². The second-order valence-electron chi connectivity index (χ2n) is 1.26. The van der Waals surface area contributed by atoms with Crippen LogP contribution in [0.15, 0.2) is 12.7 Å². The van der Waals surface area contributed by atoms with Gasteiger partial charge >= 0.3 is 10.3 Å². The van der Waals surface area contributed by atoms with Crippen LogP contribution in [0.25, 0.3) is 0 Å². The maximum Gasteiger partial charge on any atom is 0.335 e. The molecule has 0 unspecified atom stereocenters. The van der Waals surface area contributed by atoms with Gasteiger partial charge in [-0.3, -0.25) is 4.18 Å². The van der Waals surface area contributed by atoms with Gasteiger partial charge in [-0.15, -0.1) is 6.58 Å². The van der Waals surface area contributed by atoms with E-state index in [0.717, 1.165) is 7.11 Å². The second-order valence-corrected chi connectivity index (χ2v) is 2.79. The Bertz CT molecular complexity index is 172. The summed E-state index contributed by atoms with van der Waals surface area (Å²) in [6.07, 6.45) is 1.43. The van der Waals surface area contributed by atoms with E-state index in [4.69, 9.17) is 0 Å². The minimum Gasteiger partial charge on any atom is -0.261 e. The maximum atomic E-state index is 10.4. The Morgan fingerprint density at radius 1 is 1.78 bits per heavy atom. The lowest BCUT2D eigenvalue weighted by atomic mass is 10.7. The van der Waals surface area contributed by atoms with E-state index in [0.29, 0.717) is 0 Å². The van der Waals surface area contributed by atoms with E-state index in [1.54, 1.807) is 0 Å². The van der Waals surface area contributed by atoms with Crippen molar-refractivity contribution in [1.29, 1.82) is 0 Å². The topological polar surface area (TPSA) is 55.4 Å². The summed E-state index contributed by atoms with van der Waals surface area (Å²) >= 11 is 0. The van der Waals surface area contributed by atoms with E-state index in [1.807, 2.05) is 0 Å². The van der Waals surface area contributed by atoms with E-state index in [2.05, 4.69) is 15.5 Å². The van der Waals surface area contributed by atoms with E-state index >= 15 is 0 Å². The molecule has 4 nitrogen and oxygen atoms in total. The van der Waals surface area contributed by atoms with Crippen LogP contribution in [0, 0.1) is 0 Å². The zero-order chi connectivity index (χ0) is 7.33. The highest BCUT2D eigenvalue weighted by molar-refractivity contribution is 7.84. The minimum atomic E-state index is -3.50. The monoisotopic (exact) mass is 151 g/mol.